The third-order valence-corrected chi connectivity index (χ3v) is 1.93. The van der Waals surface area contributed by atoms with Crippen molar-refractivity contribution < 1.29 is 8.91 Å². The summed E-state index contributed by atoms with van der Waals surface area (Å²) in [6, 6.07) is 6.22. The predicted molar refractivity (Wildman–Crippen MR) is 49.2 cm³/mol. The van der Waals surface area contributed by atoms with E-state index in [0.29, 0.717) is 5.56 Å². The number of aromatic nitrogens is 2. The minimum Gasteiger partial charge on any atom is -0.338 e. The molecule has 0 N–H and O–H groups in total. The highest BCUT2D eigenvalue weighted by Crippen LogP contribution is 2.19. The molecule has 14 heavy (non-hydrogen) atoms. The molecule has 0 aliphatic rings. The van der Waals surface area contributed by atoms with Crippen LogP contribution in [0.25, 0.3) is 11.4 Å². The second-order valence-corrected chi connectivity index (χ2v) is 2.89. The molecule has 0 aliphatic carbocycles. The van der Waals surface area contributed by atoms with Crippen molar-refractivity contribution in [3.05, 3.63) is 36.0 Å². The van der Waals surface area contributed by atoms with Crippen molar-refractivity contribution in [2.24, 2.45) is 0 Å². The normalized spacial score (nSPS) is 10.4. The van der Waals surface area contributed by atoms with E-state index < -0.39 is 0 Å². The van der Waals surface area contributed by atoms with Gasteiger partial charge in [-0.1, -0.05) is 17.3 Å². The molecule has 0 amide bonds. The van der Waals surface area contributed by atoms with Gasteiger partial charge in [-0.2, -0.15) is 4.98 Å². The minimum atomic E-state index is -0.380. The molecule has 0 unspecified atom stereocenters. The van der Waals surface area contributed by atoms with Gasteiger partial charge in [0.15, 0.2) is 0 Å². The topological polar surface area (TPSA) is 38.9 Å². The van der Waals surface area contributed by atoms with E-state index in [1.165, 1.54) is 6.07 Å². The van der Waals surface area contributed by atoms with Gasteiger partial charge in [-0.25, -0.2) is 4.39 Å². The zero-order valence-electron chi connectivity index (χ0n) is 7.08. The van der Waals surface area contributed by atoms with Gasteiger partial charge in [0.05, 0.1) is 5.56 Å². The van der Waals surface area contributed by atoms with Crippen molar-refractivity contribution in [3.63, 3.8) is 0 Å². The van der Waals surface area contributed by atoms with Crippen LogP contribution in [0.5, 0.6) is 0 Å². The standard InChI is InChI=1S/C9H6ClFN2O/c10-5-8-12-9(13-14-8)6-3-1-2-4-7(6)11/h1-4H,5H2. The smallest absolute Gasteiger partial charge is 0.241 e. The van der Waals surface area contributed by atoms with Crippen LogP contribution in [0, 0.1) is 5.82 Å². The van der Waals surface area contributed by atoms with Gasteiger partial charge in [0, 0.05) is 0 Å². The van der Waals surface area contributed by atoms with Crippen LogP contribution in [0.15, 0.2) is 28.8 Å². The fourth-order valence-corrected chi connectivity index (χ4v) is 1.17. The van der Waals surface area contributed by atoms with E-state index in [2.05, 4.69) is 10.1 Å². The van der Waals surface area contributed by atoms with Crippen molar-refractivity contribution in [2.45, 2.75) is 5.88 Å². The number of hydrogen-bond donors (Lipinski definition) is 0. The van der Waals surface area contributed by atoms with Crippen LogP contribution >= 0.6 is 11.6 Å². The van der Waals surface area contributed by atoms with Gasteiger partial charge in [0.1, 0.15) is 11.7 Å². The first-order valence-corrected chi connectivity index (χ1v) is 4.48. The minimum absolute atomic E-state index is 0.126. The average Bonchev–Trinajstić information content (AvgIpc) is 2.67. The fourth-order valence-electron chi connectivity index (χ4n) is 1.06. The predicted octanol–water partition coefficient (Wildman–Crippen LogP) is 2.61. The lowest BCUT2D eigenvalue weighted by molar-refractivity contribution is 0.390. The van der Waals surface area contributed by atoms with E-state index in [0.717, 1.165) is 0 Å². The van der Waals surface area contributed by atoms with E-state index in [1.54, 1.807) is 18.2 Å². The second kappa shape index (κ2) is 3.75. The zero-order chi connectivity index (χ0) is 9.97. The quantitative estimate of drug-likeness (QED) is 0.719. The van der Waals surface area contributed by atoms with Crippen LogP contribution in [-0.4, -0.2) is 10.1 Å². The first kappa shape index (κ1) is 9.15. The molecular weight excluding hydrogens is 207 g/mol. The van der Waals surface area contributed by atoms with E-state index in [4.69, 9.17) is 16.1 Å². The first-order valence-electron chi connectivity index (χ1n) is 3.94. The Labute approximate surface area is 84.5 Å². The molecule has 3 nitrogen and oxygen atoms in total. The molecule has 2 aromatic rings. The third kappa shape index (κ3) is 1.61. The Morgan fingerprint density at radius 3 is 2.79 bits per heavy atom. The SMILES string of the molecule is Fc1ccccc1-c1noc(CCl)n1. The Morgan fingerprint density at radius 2 is 2.14 bits per heavy atom. The Morgan fingerprint density at radius 1 is 1.36 bits per heavy atom. The summed E-state index contributed by atoms with van der Waals surface area (Å²) in [5, 5.41) is 3.61. The van der Waals surface area contributed by atoms with Crippen molar-refractivity contribution in [1.82, 2.24) is 10.1 Å². The molecule has 0 bridgehead atoms. The van der Waals surface area contributed by atoms with Crippen molar-refractivity contribution in [2.75, 3.05) is 0 Å². The summed E-state index contributed by atoms with van der Waals surface area (Å²) in [5.41, 5.74) is 0.313. The molecule has 0 radical (unpaired) electrons. The van der Waals surface area contributed by atoms with Crippen LogP contribution in [0.1, 0.15) is 5.89 Å². The molecular formula is C9H6ClFN2O. The van der Waals surface area contributed by atoms with Crippen molar-refractivity contribution >= 4 is 11.6 Å². The lowest BCUT2D eigenvalue weighted by Crippen LogP contribution is -1.85. The summed E-state index contributed by atoms with van der Waals surface area (Å²) < 4.78 is 18.0. The number of hydrogen-bond acceptors (Lipinski definition) is 3. The molecule has 1 aromatic heterocycles. The maximum atomic E-state index is 13.2. The van der Waals surface area contributed by atoms with Gasteiger partial charge in [0.25, 0.3) is 0 Å². The van der Waals surface area contributed by atoms with Gasteiger partial charge >= 0.3 is 0 Å². The van der Waals surface area contributed by atoms with Crippen LogP contribution in [0.2, 0.25) is 0 Å². The molecule has 1 aromatic carbocycles. The molecule has 0 saturated heterocycles. The van der Waals surface area contributed by atoms with Gasteiger partial charge in [0.2, 0.25) is 11.7 Å². The Bertz CT molecular complexity index is 444. The van der Waals surface area contributed by atoms with Crippen LogP contribution in [-0.2, 0) is 5.88 Å². The summed E-state index contributed by atoms with van der Waals surface area (Å²) in [6.07, 6.45) is 0. The van der Waals surface area contributed by atoms with Crippen molar-refractivity contribution in [3.8, 4) is 11.4 Å². The van der Waals surface area contributed by atoms with Gasteiger partial charge in [-0.05, 0) is 12.1 Å². The summed E-state index contributed by atoms with van der Waals surface area (Å²) in [6.45, 7) is 0. The molecule has 2 rings (SSSR count). The summed E-state index contributed by atoms with van der Waals surface area (Å²) in [7, 11) is 0. The zero-order valence-corrected chi connectivity index (χ0v) is 7.83. The molecule has 0 saturated carbocycles. The Hall–Kier alpha value is -1.42. The summed E-state index contributed by atoms with van der Waals surface area (Å²) in [4.78, 5) is 3.91. The molecule has 72 valence electrons. The van der Waals surface area contributed by atoms with E-state index in [-0.39, 0.29) is 23.4 Å². The lowest BCUT2D eigenvalue weighted by Gasteiger charge is -1.94. The number of benzene rings is 1. The maximum absolute atomic E-state index is 13.2. The largest absolute Gasteiger partial charge is 0.338 e. The molecule has 5 heteroatoms. The highest BCUT2D eigenvalue weighted by atomic mass is 35.5. The highest BCUT2D eigenvalue weighted by molar-refractivity contribution is 6.16. The van der Waals surface area contributed by atoms with E-state index in [1.807, 2.05) is 0 Å². The molecule has 1 heterocycles. The average molecular weight is 213 g/mol. The Balaban J connectivity index is 2.44. The second-order valence-electron chi connectivity index (χ2n) is 2.63. The molecule has 0 aliphatic heterocycles. The summed E-state index contributed by atoms with van der Waals surface area (Å²) in [5.74, 6) is 0.250. The summed E-state index contributed by atoms with van der Waals surface area (Å²) >= 11 is 5.48. The number of nitrogens with zero attached hydrogens (tertiary/aromatic N) is 2. The van der Waals surface area contributed by atoms with Crippen molar-refractivity contribution in [1.29, 1.82) is 0 Å². The number of halogens is 2. The first-order chi connectivity index (χ1) is 6.81. The molecule has 0 fully saturated rings. The van der Waals surface area contributed by atoms with Gasteiger partial charge in [-0.15, -0.1) is 11.6 Å². The van der Waals surface area contributed by atoms with Gasteiger partial charge in [-0.3, -0.25) is 0 Å². The number of alkyl halides is 1. The van der Waals surface area contributed by atoms with Gasteiger partial charge < -0.3 is 4.52 Å². The van der Waals surface area contributed by atoms with E-state index in [9.17, 15) is 4.39 Å². The van der Waals surface area contributed by atoms with Crippen LogP contribution < -0.4 is 0 Å². The monoisotopic (exact) mass is 212 g/mol. The van der Waals surface area contributed by atoms with E-state index >= 15 is 0 Å². The molecule has 0 atom stereocenters. The Kier molecular flexibility index (Phi) is 2.45. The fraction of sp³-hybridized carbons (Fsp3) is 0.111. The van der Waals surface area contributed by atoms with Crippen LogP contribution in [0.3, 0.4) is 0 Å². The van der Waals surface area contributed by atoms with Crippen LogP contribution in [0.4, 0.5) is 4.39 Å². The maximum Gasteiger partial charge on any atom is 0.241 e. The lowest BCUT2D eigenvalue weighted by atomic mass is 10.2. The third-order valence-electron chi connectivity index (χ3n) is 1.70. The highest BCUT2D eigenvalue weighted by Gasteiger charge is 2.10. The number of rotatable bonds is 2. The molecule has 0 spiro atoms.